The molecule has 11 heteroatoms. The molecule has 0 saturated carbocycles. The highest BCUT2D eigenvalue weighted by molar-refractivity contribution is 5.95. The van der Waals surface area contributed by atoms with Crippen molar-refractivity contribution >= 4 is 17.7 Å². The molecule has 2 aliphatic rings. The number of hydrogen-bond donors (Lipinski definition) is 2. The van der Waals surface area contributed by atoms with Crippen molar-refractivity contribution in [1.82, 2.24) is 9.88 Å². The number of alkyl halides is 3. The molecule has 184 valence electrons. The molecule has 1 unspecified atom stereocenters. The van der Waals surface area contributed by atoms with Crippen molar-refractivity contribution in [3.05, 3.63) is 54.2 Å². The van der Waals surface area contributed by atoms with Crippen molar-refractivity contribution in [3.8, 4) is 5.75 Å². The number of hydrogen-bond acceptors (Lipinski definition) is 6. The maximum Gasteiger partial charge on any atom is 0.490 e. The highest BCUT2D eigenvalue weighted by Gasteiger charge is 2.54. The maximum absolute atomic E-state index is 12.7. The predicted octanol–water partition coefficient (Wildman–Crippen LogP) is 3.46. The van der Waals surface area contributed by atoms with Gasteiger partial charge in [0.2, 0.25) is 0 Å². The lowest BCUT2D eigenvalue weighted by molar-refractivity contribution is -0.192. The first-order chi connectivity index (χ1) is 16.1. The molecular formula is C23H26F3N3O5. The molecule has 8 nitrogen and oxygen atoms in total. The minimum atomic E-state index is -5.08. The van der Waals surface area contributed by atoms with Crippen LogP contribution >= 0.6 is 0 Å². The van der Waals surface area contributed by atoms with Crippen LogP contribution in [0.3, 0.4) is 0 Å². The molecule has 1 atom stereocenters. The number of benzene rings is 1. The predicted molar refractivity (Wildman–Crippen MR) is 117 cm³/mol. The van der Waals surface area contributed by atoms with E-state index >= 15 is 0 Å². The Morgan fingerprint density at radius 3 is 2.47 bits per heavy atom. The minimum absolute atomic E-state index is 0.0594. The average Bonchev–Trinajstić information content (AvgIpc) is 3.22. The van der Waals surface area contributed by atoms with Crippen LogP contribution in [0.25, 0.3) is 0 Å². The van der Waals surface area contributed by atoms with Gasteiger partial charge in [0.25, 0.3) is 5.91 Å². The first kappa shape index (κ1) is 25.3. The number of aliphatic carboxylic acids is 1. The number of amides is 1. The summed E-state index contributed by atoms with van der Waals surface area (Å²) in [6, 6.07) is 13.1. The third kappa shape index (κ3) is 6.16. The summed E-state index contributed by atoms with van der Waals surface area (Å²) in [5.41, 5.74) is 0.519. The molecule has 2 saturated heterocycles. The third-order valence-electron chi connectivity index (χ3n) is 5.85. The van der Waals surface area contributed by atoms with Crippen molar-refractivity contribution in [1.29, 1.82) is 0 Å². The third-order valence-corrected chi connectivity index (χ3v) is 5.85. The number of nitrogens with one attached hydrogen (secondary N) is 1. The number of ether oxygens (including phenoxy) is 2. The number of rotatable bonds is 6. The number of halogens is 3. The van der Waals surface area contributed by atoms with Crippen LogP contribution in [0.2, 0.25) is 0 Å². The normalized spacial score (nSPS) is 18.5. The van der Waals surface area contributed by atoms with Gasteiger partial charge in [-0.2, -0.15) is 13.2 Å². The second kappa shape index (κ2) is 10.7. The summed E-state index contributed by atoms with van der Waals surface area (Å²) in [5, 5.41) is 10.5. The number of anilines is 1. The van der Waals surface area contributed by atoms with Crippen molar-refractivity contribution in [2.45, 2.75) is 24.6 Å². The lowest BCUT2D eigenvalue weighted by atomic mass is 9.78. The number of carbonyl (C=O) groups is 2. The molecule has 0 radical (unpaired) electrons. The lowest BCUT2D eigenvalue weighted by Gasteiger charge is -2.50. The van der Waals surface area contributed by atoms with E-state index in [2.05, 4.69) is 10.3 Å². The molecule has 2 N–H and O–H groups in total. The fourth-order valence-electron chi connectivity index (χ4n) is 4.04. The van der Waals surface area contributed by atoms with Crippen LogP contribution in [0.5, 0.6) is 5.75 Å². The number of carboxylic acid groups (broad SMARTS) is 1. The first-order valence-corrected chi connectivity index (χ1v) is 10.7. The first-order valence-electron chi connectivity index (χ1n) is 10.7. The second-order valence-electron chi connectivity index (χ2n) is 8.02. The molecule has 1 spiro atoms. The van der Waals surface area contributed by atoms with Gasteiger partial charge in [0.15, 0.2) is 0 Å². The number of likely N-dealkylation sites (tertiary alicyclic amines) is 1. The summed E-state index contributed by atoms with van der Waals surface area (Å²) in [5.74, 6) is -0.577. The fourth-order valence-corrected chi connectivity index (χ4v) is 4.04. The highest BCUT2D eigenvalue weighted by Crippen LogP contribution is 2.42. The molecule has 34 heavy (non-hydrogen) atoms. The molecule has 3 heterocycles. The van der Waals surface area contributed by atoms with Gasteiger partial charge in [0, 0.05) is 24.9 Å². The van der Waals surface area contributed by atoms with Crippen LogP contribution in [-0.2, 0) is 9.53 Å². The van der Waals surface area contributed by atoms with Gasteiger partial charge < -0.3 is 24.8 Å². The Labute approximate surface area is 194 Å². The number of carbonyl (C=O) groups excluding carboxylic acids is 1. The Morgan fingerprint density at radius 2 is 1.91 bits per heavy atom. The van der Waals surface area contributed by atoms with Crippen molar-refractivity contribution in [2.24, 2.45) is 5.92 Å². The Morgan fingerprint density at radius 1 is 1.24 bits per heavy atom. The van der Waals surface area contributed by atoms with Gasteiger partial charge in [0.1, 0.15) is 17.2 Å². The van der Waals surface area contributed by atoms with E-state index in [1.54, 1.807) is 13.3 Å². The molecular weight excluding hydrogens is 455 g/mol. The summed E-state index contributed by atoms with van der Waals surface area (Å²) in [6.45, 7) is 2.98. The number of methoxy groups -OCH3 is 1. The maximum atomic E-state index is 12.7. The number of carboxylic acids is 1. The molecule has 1 aromatic heterocycles. The van der Waals surface area contributed by atoms with Gasteiger partial charge >= 0.3 is 12.1 Å². The van der Waals surface area contributed by atoms with Crippen molar-refractivity contribution < 1.29 is 37.3 Å². The van der Waals surface area contributed by atoms with E-state index in [0.717, 1.165) is 37.6 Å². The van der Waals surface area contributed by atoms with Crippen LogP contribution in [0.4, 0.5) is 19.0 Å². The van der Waals surface area contributed by atoms with E-state index < -0.39 is 12.1 Å². The Kier molecular flexibility index (Phi) is 7.98. The minimum Gasteiger partial charge on any atom is -0.497 e. The quantitative estimate of drug-likeness (QED) is 0.652. The van der Waals surface area contributed by atoms with Gasteiger partial charge in [-0.05, 0) is 55.2 Å². The van der Waals surface area contributed by atoms with E-state index in [1.165, 1.54) is 0 Å². The topological polar surface area (TPSA) is 101 Å². The Balaban J connectivity index is 0.000000406. The largest absolute Gasteiger partial charge is 0.497 e. The van der Waals surface area contributed by atoms with E-state index in [1.807, 2.05) is 47.4 Å². The van der Waals surface area contributed by atoms with Crippen molar-refractivity contribution in [3.63, 3.8) is 0 Å². The zero-order chi connectivity index (χ0) is 24.8. The van der Waals surface area contributed by atoms with Crippen LogP contribution in [0.15, 0.2) is 48.7 Å². The highest BCUT2D eigenvalue weighted by atomic mass is 19.4. The molecule has 1 amide bonds. The average molecular weight is 481 g/mol. The zero-order valence-electron chi connectivity index (χ0n) is 18.5. The van der Waals surface area contributed by atoms with Crippen LogP contribution in [0, 0.1) is 5.92 Å². The Bertz CT molecular complexity index is 964. The van der Waals surface area contributed by atoms with Gasteiger partial charge in [-0.15, -0.1) is 0 Å². The van der Waals surface area contributed by atoms with Crippen LogP contribution in [0.1, 0.15) is 23.2 Å². The number of aromatic nitrogens is 1. The second-order valence-corrected chi connectivity index (χ2v) is 8.02. The summed E-state index contributed by atoms with van der Waals surface area (Å²) in [7, 11) is 1.62. The van der Waals surface area contributed by atoms with Gasteiger partial charge in [-0.3, -0.25) is 4.79 Å². The van der Waals surface area contributed by atoms with E-state index in [-0.39, 0.29) is 11.5 Å². The zero-order valence-corrected chi connectivity index (χ0v) is 18.5. The summed E-state index contributed by atoms with van der Waals surface area (Å²) < 4.78 is 43.0. The van der Waals surface area contributed by atoms with E-state index in [9.17, 15) is 18.0 Å². The van der Waals surface area contributed by atoms with Gasteiger partial charge in [-0.25, -0.2) is 9.78 Å². The SMILES string of the molecule is COc1ccc(C(=O)N2CC3(C2)OCCC3CCNc2ccccn2)cc1.O=C(O)C(F)(F)F. The molecule has 1 aromatic carbocycles. The number of pyridine rings is 1. The van der Waals surface area contributed by atoms with Crippen molar-refractivity contribution in [2.75, 3.05) is 38.7 Å². The Hall–Kier alpha value is -3.34. The van der Waals surface area contributed by atoms with E-state index in [4.69, 9.17) is 19.4 Å². The van der Waals surface area contributed by atoms with Gasteiger partial charge in [0.05, 0.1) is 20.2 Å². The van der Waals surface area contributed by atoms with Gasteiger partial charge in [-0.1, -0.05) is 6.07 Å². The summed E-state index contributed by atoms with van der Waals surface area (Å²) in [4.78, 5) is 27.7. The standard InChI is InChI=1S/C21H25N3O3.C2HF3O2/c1-26-18-7-5-16(6-8-18)20(25)24-14-21(15-24)17(10-13-27-21)9-12-23-19-4-2-3-11-22-19;3-2(4,5)1(6)7/h2-8,11,17H,9-10,12-15H2,1H3,(H,22,23);(H,6,7). The molecule has 0 bridgehead atoms. The van der Waals surface area contributed by atoms with E-state index in [0.29, 0.717) is 24.6 Å². The number of nitrogens with zero attached hydrogens (tertiary/aromatic N) is 2. The monoisotopic (exact) mass is 481 g/mol. The molecule has 2 fully saturated rings. The molecule has 0 aliphatic carbocycles. The summed E-state index contributed by atoms with van der Waals surface area (Å²) in [6.07, 6.45) is -1.23. The molecule has 2 aliphatic heterocycles. The lowest BCUT2D eigenvalue weighted by Crippen LogP contribution is -2.66. The summed E-state index contributed by atoms with van der Waals surface area (Å²) >= 11 is 0. The molecule has 4 rings (SSSR count). The molecule has 2 aromatic rings. The fraction of sp³-hybridized carbons (Fsp3) is 0.435. The van der Waals surface area contributed by atoms with Crippen LogP contribution < -0.4 is 10.1 Å². The smallest absolute Gasteiger partial charge is 0.490 e. The van der Waals surface area contributed by atoms with Crippen LogP contribution in [-0.4, -0.2) is 72.0 Å².